The van der Waals surface area contributed by atoms with Crippen LogP contribution < -0.4 is 0 Å². The zero-order valence-corrected chi connectivity index (χ0v) is 15.3. The van der Waals surface area contributed by atoms with Gasteiger partial charge in [0.15, 0.2) is 0 Å². The standard InChI is InChI=1S/C24H26FN/c25-17-1-10-23-11-14-24(15-12-23,16-13-23)22-8-6-21(7-9-22)20-4-2-19(18-26)3-5-20/h2-9H,1,10-17H2. The molecule has 0 aromatic heterocycles. The number of hydrogen-bond acceptors (Lipinski definition) is 1. The number of nitriles is 1. The molecule has 2 aromatic carbocycles. The maximum absolute atomic E-state index is 12.6. The van der Waals surface area contributed by atoms with Crippen molar-refractivity contribution in [2.24, 2.45) is 5.41 Å². The third kappa shape index (κ3) is 3.05. The molecule has 134 valence electrons. The maximum Gasteiger partial charge on any atom is 0.0991 e. The molecule has 3 aliphatic rings. The smallest absolute Gasteiger partial charge is 0.0991 e. The Morgan fingerprint density at radius 2 is 1.35 bits per heavy atom. The first-order valence-electron chi connectivity index (χ1n) is 9.86. The zero-order valence-electron chi connectivity index (χ0n) is 15.3. The summed E-state index contributed by atoms with van der Waals surface area (Å²) in [7, 11) is 0. The van der Waals surface area contributed by atoms with Gasteiger partial charge >= 0.3 is 0 Å². The van der Waals surface area contributed by atoms with Gasteiger partial charge in [0, 0.05) is 0 Å². The van der Waals surface area contributed by atoms with E-state index in [1.165, 1.54) is 49.7 Å². The summed E-state index contributed by atoms with van der Waals surface area (Å²) >= 11 is 0. The minimum absolute atomic E-state index is 0.163. The molecule has 0 amide bonds. The van der Waals surface area contributed by atoms with Crippen LogP contribution in [0.2, 0.25) is 0 Å². The molecule has 2 heteroatoms. The zero-order chi connectivity index (χ0) is 18.0. The fourth-order valence-corrected chi connectivity index (χ4v) is 5.27. The summed E-state index contributed by atoms with van der Waals surface area (Å²) in [6.45, 7) is -0.163. The molecule has 2 bridgehead atoms. The monoisotopic (exact) mass is 347 g/mol. The van der Waals surface area contributed by atoms with E-state index in [1.54, 1.807) is 0 Å². The molecule has 0 radical (unpaired) electrons. The van der Waals surface area contributed by atoms with E-state index >= 15 is 0 Å². The van der Waals surface area contributed by atoms with Gasteiger partial charge in [0.25, 0.3) is 0 Å². The lowest BCUT2D eigenvalue weighted by molar-refractivity contribution is 0.0296. The van der Waals surface area contributed by atoms with Crippen molar-refractivity contribution in [3.8, 4) is 17.2 Å². The molecule has 26 heavy (non-hydrogen) atoms. The number of benzene rings is 2. The molecule has 3 fully saturated rings. The first-order valence-corrected chi connectivity index (χ1v) is 9.86. The average molecular weight is 347 g/mol. The molecule has 0 spiro atoms. The predicted molar refractivity (Wildman–Crippen MR) is 104 cm³/mol. The van der Waals surface area contributed by atoms with Gasteiger partial charge in [-0.2, -0.15) is 5.26 Å². The maximum atomic E-state index is 12.6. The van der Waals surface area contributed by atoms with Gasteiger partial charge in [-0.1, -0.05) is 36.4 Å². The highest BCUT2D eigenvalue weighted by Crippen LogP contribution is 2.59. The summed E-state index contributed by atoms with van der Waals surface area (Å²) in [5.41, 5.74) is 5.33. The normalized spacial score (nSPS) is 27.2. The minimum Gasteiger partial charge on any atom is -0.251 e. The molecule has 0 aliphatic heterocycles. The third-order valence-electron chi connectivity index (χ3n) is 7.09. The molecular weight excluding hydrogens is 321 g/mol. The Kier molecular flexibility index (Phi) is 4.57. The first kappa shape index (κ1) is 17.3. The van der Waals surface area contributed by atoms with Crippen LogP contribution in [0.25, 0.3) is 11.1 Å². The summed E-state index contributed by atoms with van der Waals surface area (Å²) in [4.78, 5) is 0. The lowest BCUT2D eigenvalue weighted by atomic mass is 9.51. The summed E-state index contributed by atoms with van der Waals surface area (Å²) in [6, 6.07) is 19.0. The number of fused-ring (bicyclic) bond motifs is 3. The molecule has 3 aliphatic carbocycles. The molecule has 0 unspecified atom stereocenters. The molecule has 1 nitrogen and oxygen atoms in total. The van der Waals surface area contributed by atoms with Crippen LogP contribution >= 0.6 is 0 Å². The van der Waals surface area contributed by atoms with E-state index in [1.807, 2.05) is 24.3 Å². The predicted octanol–water partition coefficient (Wildman–Crippen LogP) is 6.57. The highest BCUT2D eigenvalue weighted by atomic mass is 19.1. The number of alkyl halides is 1. The van der Waals surface area contributed by atoms with Crippen molar-refractivity contribution in [3.63, 3.8) is 0 Å². The van der Waals surface area contributed by atoms with Gasteiger partial charge in [-0.05, 0) is 91.0 Å². The van der Waals surface area contributed by atoms with Gasteiger partial charge in [0.05, 0.1) is 18.3 Å². The fourth-order valence-electron chi connectivity index (χ4n) is 5.27. The quantitative estimate of drug-likeness (QED) is 0.600. The molecular formula is C24H26FN. The van der Waals surface area contributed by atoms with E-state index in [0.29, 0.717) is 16.4 Å². The molecule has 2 aromatic rings. The Balaban J connectivity index is 1.50. The van der Waals surface area contributed by atoms with Crippen molar-refractivity contribution < 1.29 is 4.39 Å². The van der Waals surface area contributed by atoms with Crippen LogP contribution in [0.5, 0.6) is 0 Å². The van der Waals surface area contributed by atoms with E-state index in [0.717, 1.165) is 18.4 Å². The molecule has 0 atom stereocenters. The van der Waals surface area contributed by atoms with Crippen LogP contribution in [-0.4, -0.2) is 6.67 Å². The fraction of sp³-hybridized carbons (Fsp3) is 0.458. The highest BCUT2D eigenvalue weighted by molar-refractivity contribution is 5.64. The molecule has 0 saturated heterocycles. The number of rotatable bonds is 5. The van der Waals surface area contributed by atoms with Crippen LogP contribution in [-0.2, 0) is 5.41 Å². The Labute approximate surface area is 155 Å². The highest BCUT2D eigenvalue weighted by Gasteiger charge is 2.48. The van der Waals surface area contributed by atoms with E-state index in [9.17, 15) is 4.39 Å². The number of hydrogen-bond donors (Lipinski definition) is 0. The van der Waals surface area contributed by atoms with Crippen molar-refractivity contribution in [2.75, 3.05) is 6.67 Å². The number of halogens is 1. The molecule has 0 N–H and O–H groups in total. The third-order valence-corrected chi connectivity index (χ3v) is 7.09. The minimum atomic E-state index is -0.163. The largest absolute Gasteiger partial charge is 0.251 e. The Hall–Kier alpha value is -2.14. The van der Waals surface area contributed by atoms with Gasteiger partial charge in [-0.25, -0.2) is 0 Å². The summed E-state index contributed by atoms with van der Waals surface area (Å²) in [6.07, 6.45) is 9.41. The van der Waals surface area contributed by atoms with Crippen LogP contribution in [0.4, 0.5) is 4.39 Å². The second-order valence-electron chi connectivity index (χ2n) is 8.34. The van der Waals surface area contributed by atoms with Crippen molar-refractivity contribution in [1.82, 2.24) is 0 Å². The lowest BCUT2D eigenvalue weighted by Gasteiger charge is -2.54. The summed E-state index contributed by atoms with van der Waals surface area (Å²) in [5.74, 6) is 0. The van der Waals surface area contributed by atoms with Crippen molar-refractivity contribution in [3.05, 3.63) is 59.7 Å². The molecule has 5 rings (SSSR count). The average Bonchev–Trinajstić information content (AvgIpc) is 2.74. The van der Waals surface area contributed by atoms with E-state index in [2.05, 4.69) is 30.3 Å². The van der Waals surface area contributed by atoms with Gasteiger partial charge in [-0.3, -0.25) is 4.39 Å². The second kappa shape index (κ2) is 6.88. The van der Waals surface area contributed by atoms with Gasteiger partial charge in [-0.15, -0.1) is 0 Å². The molecule has 0 heterocycles. The summed E-state index contributed by atoms with van der Waals surface area (Å²) in [5, 5.41) is 8.94. The van der Waals surface area contributed by atoms with Crippen LogP contribution in [0.15, 0.2) is 48.5 Å². The van der Waals surface area contributed by atoms with Crippen molar-refractivity contribution >= 4 is 0 Å². The Morgan fingerprint density at radius 3 is 1.85 bits per heavy atom. The summed E-state index contributed by atoms with van der Waals surface area (Å²) < 4.78 is 12.6. The van der Waals surface area contributed by atoms with E-state index in [-0.39, 0.29) is 6.67 Å². The van der Waals surface area contributed by atoms with Gasteiger partial charge < -0.3 is 0 Å². The van der Waals surface area contributed by atoms with Crippen molar-refractivity contribution in [2.45, 2.75) is 56.8 Å². The van der Waals surface area contributed by atoms with Crippen LogP contribution in [0.1, 0.15) is 62.5 Å². The van der Waals surface area contributed by atoms with E-state index in [4.69, 9.17) is 5.26 Å². The van der Waals surface area contributed by atoms with Crippen molar-refractivity contribution in [1.29, 1.82) is 5.26 Å². The van der Waals surface area contributed by atoms with Gasteiger partial charge in [0.1, 0.15) is 0 Å². The topological polar surface area (TPSA) is 23.8 Å². The molecule has 3 saturated carbocycles. The Morgan fingerprint density at radius 1 is 0.808 bits per heavy atom. The van der Waals surface area contributed by atoms with Gasteiger partial charge in [0.2, 0.25) is 0 Å². The Bertz CT molecular complexity index is 773. The van der Waals surface area contributed by atoms with Crippen LogP contribution in [0, 0.1) is 16.7 Å². The number of nitrogens with zero attached hydrogens (tertiary/aromatic N) is 1. The van der Waals surface area contributed by atoms with E-state index < -0.39 is 0 Å². The lowest BCUT2D eigenvalue weighted by Crippen LogP contribution is -2.44. The van der Waals surface area contributed by atoms with Crippen LogP contribution in [0.3, 0.4) is 0 Å². The second-order valence-corrected chi connectivity index (χ2v) is 8.34. The first-order chi connectivity index (χ1) is 12.7. The SMILES string of the molecule is N#Cc1ccc(-c2ccc(C34CCC(CCCF)(CC3)CC4)cc2)cc1.